The number of nitrogens with one attached hydrogen (secondary N) is 1. The van der Waals surface area contributed by atoms with Gasteiger partial charge in [-0.1, -0.05) is 0 Å². The predicted octanol–water partition coefficient (Wildman–Crippen LogP) is -0.280. The van der Waals surface area contributed by atoms with Crippen molar-refractivity contribution >= 4 is 5.91 Å². The summed E-state index contributed by atoms with van der Waals surface area (Å²) in [5.41, 5.74) is 5.50. The molecule has 0 aliphatic carbocycles. The van der Waals surface area contributed by atoms with Crippen LogP contribution in [0.15, 0.2) is 0 Å². The van der Waals surface area contributed by atoms with E-state index >= 15 is 0 Å². The fourth-order valence-electron chi connectivity index (χ4n) is 2.77. The summed E-state index contributed by atoms with van der Waals surface area (Å²) in [6, 6.07) is 0. The number of ether oxygens (including phenoxy) is 2. The summed E-state index contributed by atoms with van der Waals surface area (Å²) in [5.74, 6) is -0.0118. The summed E-state index contributed by atoms with van der Waals surface area (Å²) in [7, 11) is 0. The van der Waals surface area contributed by atoms with Crippen molar-refractivity contribution in [1.29, 1.82) is 0 Å². The van der Waals surface area contributed by atoms with E-state index in [9.17, 15) is 4.79 Å². The number of amides is 1. The zero-order valence-corrected chi connectivity index (χ0v) is 12.6. The van der Waals surface area contributed by atoms with Crippen LogP contribution in [-0.4, -0.2) is 67.9 Å². The maximum Gasteiger partial charge on any atom is 0.249 e. The number of nitrogens with two attached hydrogens (primary N) is 1. The first-order valence-corrected chi connectivity index (χ1v) is 7.49. The number of hydrogen-bond donors (Lipinski definition) is 2. The Bertz CT molecular complexity index is 330. The third-order valence-corrected chi connectivity index (χ3v) is 4.23. The summed E-state index contributed by atoms with van der Waals surface area (Å²) in [5, 5.41) is 3.02. The number of carbonyl (C=O) groups excluding carboxylic acids is 1. The Kier molecular flexibility index (Phi) is 5.37. The van der Waals surface area contributed by atoms with E-state index < -0.39 is 0 Å². The van der Waals surface area contributed by atoms with Crippen LogP contribution in [0.1, 0.15) is 26.7 Å². The van der Waals surface area contributed by atoms with Gasteiger partial charge in [0.25, 0.3) is 0 Å². The Labute approximate surface area is 121 Å². The summed E-state index contributed by atoms with van der Waals surface area (Å²) in [4.78, 5) is 14.5. The van der Waals surface area contributed by atoms with E-state index in [-0.39, 0.29) is 23.7 Å². The molecule has 1 amide bonds. The molecule has 2 atom stereocenters. The molecule has 0 aromatic heterocycles. The molecule has 0 aromatic carbocycles. The molecular weight excluding hydrogens is 258 g/mol. The van der Waals surface area contributed by atoms with Crippen LogP contribution in [0.4, 0.5) is 0 Å². The van der Waals surface area contributed by atoms with Crippen molar-refractivity contribution in [2.24, 2.45) is 5.73 Å². The number of morpholine rings is 1. The lowest BCUT2D eigenvalue weighted by Gasteiger charge is -2.41. The Morgan fingerprint density at radius 1 is 1.35 bits per heavy atom. The molecule has 2 aliphatic rings. The van der Waals surface area contributed by atoms with E-state index in [1.54, 1.807) is 0 Å². The molecule has 2 aliphatic heterocycles. The molecule has 0 saturated carbocycles. The largest absolute Gasteiger partial charge is 0.379 e. The van der Waals surface area contributed by atoms with E-state index in [4.69, 9.17) is 15.2 Å². The molecule has 2 heterocycles. The standard InChI is InChI=1S/C14H27N3O3/c1-14(2,17-5-7-19-8-6-17)10-16-13(18)12-4-3-11(9-15)20-12/h11-12H,3-10,15H2,1-2H3,(H,16,18). The zero-order chi connectivity index (χ0) is 14.6. The smallest absolute Gasteiger partial charge is 0.249 e. The molecule has 2 rings (SSSR count). The molecule has 0 radical (unpaired) electrons. The number of hydrogen-bond acceptors (Lipinski definition) is 5. The fraction of sp³-hybridized carbons (Fsp3) is 0.929. The second-order valence-corrected chi connectivity index (χ2v) is 6.19. The summed E-state index contributed by atoms with van der Waals surface area (Å²) in [6.45, 7) is 8.77. The third kappa shape index (κ3) is 3.91. The maximum absolute atomic E-state index is 12.1. The Balaban J connectivity index is 1.77. The van der Waals surface area contributed by atoms with Gasteiger partial charge < -0.3 is 20.5 Å². The monoisotopic (exact) mass is 285 g/mol. The van der Waals surface area contributed by atoms with Crippen molar-refractivity contribution in [3.05, 3.63) is 0 Å². The fourth-order valence-corrected chi connectivity index (χ4v) is 2.77. The van der Waals surface area contributed by atoms with Crippen LogP contribution in [0.5, 0.6) is 0 Å². The maximum atomic E-state index is 12.1. The van der Waals surface area contributed by atoms with Crippen LogP contribution in [0, 0.1) is 0 Å². The van der Waals surface area contributed by atoms with E-state index in [1.807, 2.05) is 0 Å². The number of nitrogens with zero attached hydrogens (tertiary/aromatic N) is 1. The Morgan fingerprint density at radius 2 is 2.05 bits per heavy atom. The Hall–Kier alpha value is -0.690. The minimum absolute atomic E-state index is 0.0118. The minimum Gasteiger partial charge on any atom is -0.379 e. The second-order valence-electron chi connectivity index (χ2n) is 6.19. The topological polar surface area (TPSA) is 76.8 Å². The lowest BCUT2D eigenvalue weighted by atomic mass is 10.0. The van der Waals surface area contributed by atoms with Crippen molar-refractivity contribution in [3.63, 3.8) is 0 Å². The highest BCUT2D eigenvalue weighted by molar-refractivity contribution is 5.81. The van der Waals surface area contributed by atoms with Crippen LogP contribution in [-0.2, 0) is 14.3 Å². The van der Waals surface area contributed by atoms with Crippen LogP contribution in [0.2, 0.25) is 0 Å². The molecule has 116 valence electrons. The quantitative estimate of drug-likeness (QED) is 0.726. The molecule has 2 unspecified atom stereocenters. The molecule has 2 saturated heterocycles. The van der Waals surface area contributed by atoms with Crippen LogP contribution >= 0.6 is 0 Å². The normalized spacial score (nSPS) is 28.6. The highest BCUT2D eigenvalue weighted by Crippen LogP contribution is 2.20. The van der Waals surface area contributed by atoms with Gasteiger partial charge in [-0.05, 0) is 26.7 Å². The van der Waals surface area contributed by atoms with E-state index in [0.29, 0.717) is 13.1 Å². The highest BCUT2D eigenvalue weighted by atomic mass is 16.5. The first-order valence-electron chi connectivity index (χ1n) is 7.49. The van der Waals surface area contributed by atoms with E-state index in [2.05, 4.69) is 24.1 Å². The summed E-state index contributed by atoms with van der Waals surface area (Å²) < 4.78 is 11.0. The number of rotatable bonds is 5. The number of carbonyl (C=O) groups is 1. The first kappa shape index (κ1) is 15.7. The zero-order valence-electron chi connectivity index (χ0n) is 12.6. The van der Waals surface area contributed by atoms with Gasteiger partial charge in [0.05, 0.1) is 19.3 Å². The van der Waals surface area contributed by atoms with Crippen molar-refractivity contribution in [2.45, 2.75) is 44.4 Å². The van der Waals surface area contributed by atoms with Gasteiger partial charge in [0.1, 0.15) is 6.10 Å². The summed E-state index contributed by atoms with van der Waals surface area (Å²) >= 11 is 0. The lowest BCUT2D eigenvalue weighted by Crippen LogP contribution is -2.56. The molecule has 6 heteroatoms. The average Bonchev–Trinajstić information content (AvgIpc) is 2.95. The van der Waals surface area contributed by atoms with Crippen molar-refractivity contribution < 1.29 is 14.3 Å². The van der Waals surface area contributed by atoms with Gasteiger partial charge in [-0.2, -0.15) is 0 Å². The van der Waals surface area contributed by atoms with Crippen molar-refractivity contribution in [3.8, 4) is 0 Å². The van der Waals surface area contributed by atoms with Gasteiger partial charge in [-0.3, -0.25) is 9.69 Å². The van der Waals surface area contributed by atoms with Gasteiger partial charge >= 0.3 is 0 Å². The average molecular weight is 285 g/mol. The van der Waals surface area contributed by atoms with E-state index in [0.717, 1.165) is 39.1 Å². The third-order valence-electron chi connectivity index (χ3n) is 4.23. The highest BCUT2D eigenvalue weighted by Gasteiger charge is 2.32. The molecule has 3 N–H and O–H groups in total. The first-order chi connectivity index (χ1) is 9.53. The van der Waals surface area contributed by atoms with Crippen LogP contribution in [0.3, 0.4) is 0 Å². The summed E-state index contributed by atoms with van der Waals surface area (Å²) in [6.07, 6.45) is 1.36. The molecule has 0 aromatic rings. The van der Waals surface area contributed by atoms with Crippen LogP contribution < -0.4 is 11.1 Å². The van der Waals surface area contributed by atoms with Gasteiger partial charge in [-0.25, -0.2) is 0 Å². The van der Waals surface area contributed by atoms with Crippen molar-refractivity contribution in [2.75, 3.05) is 39.4 Å². The molecular formula is C14H27N3O3. The Morgan fingerprint density at radius 3 is 2.65 bits per heavy atom. The SMILES string of the molecule is CC(C)(CNC(=O)C1CCC(CN)O1)N1CCOCC1. The second kappa shape index (κ2) is 6.85. The molecule has 0 spiro atoms. The van der Waals surface area contributed by atoms with Crippen molar-refractivity contribution in [1.82, 2.24) is 10.2 Å². The van der Waals surface area contributed by atoms with Crippen LogP contribution in [0.25, 0.3) is 0 Å². The van der Waals surface area contributed by atoms with Gasteiger partial charge in [0.15, 0.2) is 0 Å². The molecule has 0 bridgehead atoms. The minimum atomic E-state index is -0.330. The predicted molar refractivity (Wildman–Crippen MR) is 76.4 cm³/mol. The molecule has 6 nitrogen and oxygen atoms in total. The van der Waals surface area contributed by atoms with E-state index in [1.165, 1.54) is 0 Å². The van der Waals surface area contributed by atoms with Gasteiger partial charge in [0, 0.05) is 31.7 Å². The van der Waals surface area contributed by atoms with Gasteiger partial charge in [0.2, 0.25) is 5.91 Å². The molecule has 2 fully saturated rings. The van der Waals surface area contributed by atoms with Gasteiger partial charge in [-0.15, -0.1) is 0 Å². The lowest BCUT2D eigenvalue weighted by molar-refractivity contribution is -0.132. The molecule has 20 heavy (non-hydrogen) atoms.